The smallest absolute Gasteiger partial charge is 0.221 e. The van der Waals surface area contributed by atoms with Crippen LogP contribution in [-0.2, 0) is 11.3 Å². The maximum atomic E-state index is 11.1. The second-order valence-electron chi connectivity index (χ2n) is 3.58. The fraction of sp³-hybridized carbons (Fsp3) is 0.636. The lowest BCUT2D eigenvalue weighted by Gasteiger charge is -2.05. The highest BCUT2D eigenvalue weighted by atomic mass is 16.1. The van der Waals surface area contributed by atoms with Crippen LogP contribution in [0.5, 0.6) is 0 Å². The molecule has 0 radical (unpaired) electrons. The van der Waals surface area contributed by atoms with Gasteiger partial charge in [-0.25, -0.2) is 0 Å². The Morgan fingerprint density at radius 3 is 3.00 bits per heavy atom. The molecule has 0 bridgehead atoms. The average Bonchev–Trinajstić information content (AvgIpc) is 2.76. The minimum Gasteiger partial charge on any atom is -0.356 e. The highest BCUT2D eigenvalue weighted by Gasteiger charge is 1.97. The van der Waals surface area contributed by atoms with Crippen molar-refractivity contribution in [1.29, 1.82) is 0 Å². The number of carbonyl (C=O) groups excluding carboxylic acids is 1. The van der Waals surface area contributed by atoms with Gasteiger partial charge in [0.1, 0.15) is 0 Å². The van der Waals surface area contributed by atoms with Crippen molar-refractivity contribution in [2.24, 2.45) is 0 Å². The summed E-state index contributed by atoms with van der Waals surface area (Å²) in [5.41, 5.74) is 0. The molecular weight excluding hydrogens is 204 g/mol. The number of carbonyl (C=O) groups is 1. The SMILES string of the molecule is CCNC(=O)CCNCCCn1cccn1. The summed E-state index contributed by atoms with van der Waals surface area (Å²) < 4.78 is 1.91. The highest BCUT2D eigenvalue weighted by Crippen LogP contribution is 1.88. The maximum absolute atomic E-state index is 11.1. The van der Waals surface area contributed by atoms with E-state index >= 15 is 0 Å². The van der Waals surface area contributed by atoms with E-state index in [0.29, 0.717) is 13.0 Å². The Bertz CT molecular complexity index is 284. The molecule has 90 valence electrons. The van der Waals surface area contributed by atoms with Crippen LogP contribution in [-0.4, -0.2) is 35.3 Å². The van der Waals surface area contributed by atoms with Gasteiger partial charge in [-0.1, -0.05) is 0 Å². The molecular formula is C11H20N4O. The molecule has 1 amide bonds. The predicted octanol–water partition coefficient (Wildman–Crippen LogP) is 0.389. The topological polar surface area (TPSA) is 59.0 Å². The van der Waals surface area contributed by atoms with Crippen LogP contribution in [0, 0.1) is 0 Å². The molecule has 0 saturated heterocycles. The van der Waals surface area contributed by atoms with Gasteiger partial charge in [0.2, 0.25) is 5.91 Å². The van der Waals surface area contributed by atoms with Crippen LogP contribution >= 0.6 is 0 Å². The second-order valence-corrected chi connectivity index (χ2v) is 3.58. The van der Waals surface area contributed by atoms with E-state index in [0.717, 1.165) is 26.1 Å². The van der Waals surface area contributed by atoms with Gasteiger partial charge >= 0.3 is 0 Å². The van der Waals surface area contributed by atoms with Crippen LogP contribution in [0.1, 0.15) is 19.8 Å². The molecule has 1 heterocycles. The first-order valence-electron chi connectivity index (χ1n) is 5.77. The fourth-order valence-electron chi connectivity index (χ4n) is 1.41. The second kappa shape index (κ2) is 7.87. The van der Waals surface area contributed by atoms with E-state index in [-0.39, 0.29) is 5.91 Å². The molecule has 0 aromatic carbocycles. The lowest BCUT2D eigenvalue weighted by Crippen LogP contribution is -2.28. The third-order valence-electron chi connectivity index (χ3n) is 2.20. The monoisotopic (exact) mass is 224 g/mol. The zero-order valence-electron chi connectivity index (χ0n) is 9.78. The van der Waals surface area contributed by atoms with Gasteiger partial charge in [-0.05, 0) is 26.0 Å². The summed E-state index contributed by atoms with van der Waals surface area (Å²) in [6.07, 6.45) is 5.31. The van der Waals surface area contributed by atoms with Crippen LogP contribution in [0.3, 0.4) is 0 Å². The first-order chi connectivity index (χ1) is 7.83. The molecule has 0 fully saturated rings. The van der Waals surface area contributed by atoms with Gasteiger partial charge in [0.05, 0.1) is 0 Å². The van der Waals surface area contributed by atoms with Gasteiger partial charge in [-0.15, -0.1) is 0 Å². The molecule has 0 saturated carbocycles. The third-order valence-corrected chi connectivity index (χ3v) is 2.20. The number of rotatable bonds is 8. The Morgan fingerprint density at radius 2 is 2.31 bits per heavy atom. The standard InChI is InChI=1S/C11H20N4O/c1-2-13-11(16)5-8-12-6-3-9-15-10-4-7-14-15/h4,7,10,12H,2-3,5-6,8-9H2,1H3,(H,13,16). The van der Waals surface area contributed by atoms with Gasteiger partial charge in [-0.2, -0.15) is 5.10 Å². The normalized spacial score (nSPS) is 10.3. The van der Waals surface area contributed by atoms with E-state index < -0.39 is 0 Å². The molecule has 5 nitrogen and oxygen atoms in total. The van der Waals surface area contributed by atoms with Crippen molar-refractivity contribution >= 4 is 5.91 Å². The fourth-order valence-corrected chi connectivity index (χ4v) is 1.41. The third kappa shape index (κ3) is 5.50. The van der Waals surface area contributed by atoms with E-state index in [1.807, 2.05) is 23.9 Å². The molecule has 16 heavy (non-hydrogen) atoms. The van der Waals surface area contributed by atoms with Crippen LogP contribution in [0.15, 0.2) is 18.5 Å². The highest BCUT2D eigenvalue weighted by molar-refractivity contribution is 5.75. The van der Waals surface area contributed by atoms with E-state index in [9.17, 15) is 4.79 Å². The molecule has 1 aromatic heterocycles. The van der Waals surface area contributed by atoms with Gasteiger partial charge in [0.25, 0.3) is 0 Å². The minimum atomic E-state index is 0.113. The van der Waals surface area contributed by atoms with Gasteiger partial charge in [0.15, 0.2) is 0 Å². The van der Waals surface area contributed by atoms with Crippen molar-refractivity contribution in [1.82, 2.24) is 20.4 Å². The van der Waals surface area contributed by atoms with Crippen molar-refractivity contribution in [2.75, 3.05) is 19.6 Å². The molecule has 0 spiro atoms. The quantitative estimate of drug-likeness (QED) is 0.628. The average molecular weight is 224 g/mol. The summed E-state index contributed by atoms with van der Waals surface area (Å²) in [5, 5.41) is 10.1. The van der Waals surface area contributed by atoms with Crippen molar-refractivity contribution in [3.63, 3.8) is 0 Å². The van der Waals surface area contributed by atoms with Crippen LogP contribution in [0.2, 0.25) is 0 Å². The van der Waals surface area contributed by atoms with Crippen molar-refractivity contribution in [3.8, 4) is 0 Å². The Hall–Kier alpha value is -1.36. The first kappa shape index (κ1) is 12.7. The van der Waals surface area contributed by atoms with Crippen LogP contribution < -0.4 is 10.6 Å². The Kier molecular flexibility index (Phi) is 6.25. The lowest BCUT2D eigenvalue weighted by atomic mass is 10.3. The number of nitrogens with one attached hydrogen (secondary N) is 2. The van der Waals surface area contributed by atoms with E-state index in [1.165, 1.54) is 0 Å². The molecule has 2 N–H and O–H groups in total. The van der Waals surface area contributed by atoms with E-state index in [4.69, 9.17) is 0 Å². The molecule has 0 aliphatic carbocycles. The van der Waals surface area contributed by atoms with Crippen molar-refractivity contribution < 1.29 is 4.79 Å². The van der Waals surface area contributed by atoms with Gasteiger partial charge < -0.3 is 10.6 Å². The number of aromatic nitrogens is 2. The number of hydrogen-bond acceptors (Lipinski definition) is 3. The summed E-state index contributed by atoms with van der Waals surface area (Å²) in [7, 11) is 0. The van der Waals surface area contributed by atoms with Gasteiger partial charge in [0, 0.05) is 38.4 Å². The summed E-state index contributed by atoms with van der Waals surface area (Å²) >= 11 is 0. The molecule has 1 aromatic rings. The molecule has 0 atom stereocenters. The van der Waals surface area contributed by atoms with E-state index in [2.05, 4.69) is 15.7 Å². The number of hydrogen-bond donors (Lipinski definition) is 2. The molecule has 0 aliphatic rings. The largest absolute Gasteiger partial charge is 0.356 e. The molecule has 1 rings (SSSR count). The number of aryl methyl sites for hydroxylation is 1. The summed E-state index contributed by atoms with van der Waals surface area (Å²) in [6.45, 7) is 5.21. The summed E-state index contributed by atoms with van der Waals surface area (Å²) in [4.78, 5) is 11.1. The van der Waals surface area contributed by atoms with Crippen molar-refractivity contribution in [3.05, 3.63) is 18.5 Å². The van der Waals surface area contributed by atoms with Crippen LogP contribution in [0.25, 0.3) is 0 Å². The zero-order valence-corrected chi connectivity index (χ0v) is 9.78. The zero-order chi connectivity index (χ0) is 11.6. The number of amides is 1. The lowest BCUT2D eigenvalue weighted by molar-refractivity contribution is -0.120. The molecule has 0 unspecified atom stereocenters. The van der Waals surface area contributed by atoms with Gasteiger partial charge in [-0.3, -0.25) is 9.48 Å². The number of nitrogens with zero attached hydrogens (tertiary/aromatic N) is 2. The Labute approximate surface area is 96.2 Å². The summed E-state index contributed by atoms with van der Waals surface area (Å²) in [6, 6.07) is 1.92. The predicted molar refractivity (Wildman–Crippen MR) is 63.0 cm³/mol. The Morgan fingerprint density at radius 1 is 1.44 bits per heavy atom. The van der Waals surface area contributed by atoms with E-state index in [1.54, 1.807) is 6.20 Å². The van der Waals surface area contributed by atoms with Crippen molar-refractivity contribution in [2.45, 2.75) is 26.3 Å². The summed E-state index contributed by atoms with van der Waals surface area (Å²) in [5.74, 6) is 0.113. The van der Waals surface area contributed by atoms with Crippen LogP contribution in [0.4, 0.5) is 0 Å². The minimum absolute atomic E-state index is 0.113. The maximum Gasteiger partial charge on any atom is 0.221 e. The first-order valence-corrected chi connectivity index (χ1v) is 5.77. The molecule has 5 heteroatoms. The Balaban J connectivity index is 1.90. The molecule has 0 aliphatic heterocycles.